The Morgan fingerprint density at radius 2 is 1.00 bits per heavy atom. The molecular formula is C44H33N3. The third-order valence-electron chi connectivity index (χ3n) is 9.86. The lowest BCUT2D eigenvalue weighted by Gasteiger charge is -2.43. The molecule has 7 aromatic carbocycles. The van der Waals surface area contributed by atoms with Crippen LogP contribution in [0.2, 0.25) is 0 Å². The van der Waals surface area contributed by atoms with E-state index in [4.69, 9.17) is 0 Å². The molecule has 3 nitrogen and oxygen atoms in total. The summed E-state index contributed by atoms with van der Waals surface area (Å²) in [7, 11) is 0. The van der Waals surface area contributed by atoms with Gasteiger partial charge in [0.2, 0.25) is 0 Å². The van der Waals surface area contributed by atoms with Crippen molar-refractivity contribution in [3.05, 3.63) is 175 Å². The van der Waals surface area contributed by atoms with E-state index < -0.39 is 0 Å². The van der Waals surface area contributed by atoms with Gasteiger partial charge in [0.1, 0.15) is 0 Å². The molecule has 0 saturated heterocycles. The van der Waals surface area contributed by atoms with Crippen LogP contribution in [0.4, 0.5) is 34.1 Å². The van der Waals surface area contributed by atoms with Crippen LogP contribution in [0.5, 0.6) is 0 Å². The number of anilines is 6. The Balaban J connectivity index is 1.34. The zero-order valence-corrected chi connectivity index (χ0v) is 26.4. The van der Waals surface area contributed by atoms with Crippen molar-refractivity contribution < 1.29 is 0 Å². The van der Waals surface area contributed by atoms with Gasteiger partial charge >= 0.3 is 0 Å². The Morgan fingerprint density at radius 1 is 0.468 bits per heavy atom. The van der Waals surface area contributed by atoms with Crippen molar-refractivity contribution in [2.45, 2.75) is 19.3 Å². The number of nitrogens with zero attached hydrogens (tertiary/aromatic N) is 3. The molecule has 224 valence electrons. The number of para-hydroxylation sites is 2. The minimum atomic E-state index is -0.292. The lowest BCUT2D eigenvalue weighted by Crippen LogP contribution is -2.31. The zero-order valence-electron chi connectivity index (χ0n) is 26.4. The largest absolute Gasteiger partial charge is 0.310 e. The lowest BCUT2D eigenvalue weighted by molar-refractivity contribution is 0.633. The van der Waals surface area contributed by atoms with Crippen LogP contribution in [0.15, 0.2) is 164 Å². The number of aromatic nitrogens is 1. The van der Waals surface area contributed by atoms with Gasteiger partial charge < -0.3 is 9.80 Å². The summed E-state index contributed by atoms with van der Waals surface area (Å²) in [4.78, 5) is 9.33. The molecule has 8 aromatic rings. The number of benzene rings is 7. The molecule has 3 heteroatoms. The van der Waals surface area contributed by atoms with Crippen LogP contribution >= 0.6 is 0 Å². The summed E-state index contributed by atoms with van der Waals surface area (Å²) in [5.74, 6) is 0. The van der Waals surface area contributed by atoms with Crippen LogP contribution < -0.4 is 9.80 Å². The highest BCUT2D eigenvalue weighted by Crippen LogP contribution is 2.55. The highest BCUT2D eigenvalue weighted by atomic mass is 15.2. The minimum absolute atomic E-state index is 0.292. The van der Waals surface area contributed by atoms with Gasteiger partial charge in [-0.2, -0.15) is 0 Å². The number of rotatable bonds is 4. The standard InChI is InChI=1S/C44H33N3/c1-44(2)40-26-32(46(30-14-5-3-6-15-30)31-16-7-4-8-17-31)23-24-42(40)47(33-18-13-25-45-29-33)43-28-39-37-22-12-10-20-35(37)34-19-9-11-21-36(34)38(39)27-41(43)44/h3-29H,1-2H3. The third-order valence-corrected chi connectivity index (χ3v) is 9.86. The third kappa shape index (κ3) is 4.24. The van der Waals surface area contributed by atoms with Crippen LogP contribution in [0.1, 0.15) is 25.0 Å². The second-order valence-corrected chi connectivity index (χ2v) is 12.9. The Morgan fingerprint density at radius 3 is 1.57 bits per heavy atom. The molecular weight excluding hydrogens is 571 g/mol. The molecule has 1 aromatic heterocycles. The van der Waals surface area contributed by atoms with Crippen molar-refractivity contribution in [2.75, 3.05) is 9.80 Å². The Labute approximate surface area is 275 Å². The quantitative estimate of drug-likeness (QED) is 0.187. The summed E-state index contributed by atoms with van der Waals surface area (Å²) in [5, 5.41) is 7.68. The van der Waals surface area contributed by atoms with Gasteiger partial charge in [-0.25, -0.2) is 0 Å². The van der Waals surface area contributed by atoms with Gasteiger partial charge in [-0.3, -0.25) is 4.98 Å². The van der Waals surface area contributed by atoms with Crippen molar-refractivity contribution in [3.8, 4) is 0 Å². The molecule has 2 heterocycles. The van der Waals surface area contributed by atoms with E-state index in [0.29, 0.717) is 0 Å². The summed E-state index contributed by atoms with van der Waals surface area (Å²) >= 11 is 0. The molecule has 9 rings (SSSR count). The first-order valence-corrected chi connectivity index (χ1v) is 16.2. The molecule has 0 bridgehead atoms. The first kappa shape index (κ1) is 27.4. The molecule has 0 aliphatic carbocycles. The second kappa shape index (κ2) is 10.6. The SMILES string of the molecule is CC1(C)c2cc(N(c3ccccc3)c3ccccc3)ccc2N(c2cccnc2)c2cc3c4ccccc4c4ccccc4c3cc21. The predicted octanol–water partition coefficient (Wildman–Crippen LogP) is 12.1. The average molecular weight is 604 g/mol. The highest BCUT2D eigenvalue weighted by Gasteiger charge is 2.38. The van der Waals surface area contributed by atoms with Gasteiger partial charge in [0.15, 0.2) is 0 Å². The van der Waals surface area contributed by atoms with E-state index >= 15 is 0 Å². The molecule has 0 unspecified atom stereocenters. The number of fused-ring (bicyclic) bond motifs is 8. The molecule has 47 heavy (non-hydrogen) atoms. The fourth-order valence-corrected chi connectivity index (χ4v) is 7.62. The molecule has 0 fully saturated rings. The summed E-state index contributed by atoms with van der Waals surface area (Å²) in [6.45, 7) is 4.75. The predicted molar refractivity (Wildman–Crippen MR) is 198 cm³/mol. The van der Waals surface area contributed by atoms with E-state index in [1.807, 2.05) is 18.5 Å². The van der Waals surface area contributed by atoms with Crippen molar-refractivity contribution in [3.63, 3.8) is 0 Å². The number of hydrogen-bond acceptors (Lipinski definition) is 3. The number of pyridine rings is 1. The Hall–Kier alpha value is -5.93. The van der Waals surface area contributed by atoms with Crippen molar-refractivity contribution in [1.29, 1.82) is 0 Å². The zero-order chi connectivity index (χ0) is 31.5. The first-order valence-electron chi connectivity index (χ1n) is 16.2. The molecule has 0 saturated carbocycles. The topological polar surface area (TPSA) is 19.4 Å². The fraction of sp³-hybridized carbons (Fsp3) is 0.0682. The highest BCUT2D eigenvalue weighted by molar-refractivity contribution is 6.26. The molecule has 0 spiro atoms. The van der Waals surface area contributed by atoms with Crippen LogP contribution in [-0.2, 0) is 5.41 Å². The summed E-state index contributed by atoms with van der Waals surface area (Å²) in [6, 6.07) is 54.9. The van der Waals surface area contributed by atoms with Crippen molar-refractivity contribution >= 4 is 66.4 Å². The van der Waals surface area contributed by atoms with Gasteiger partial charge in [-0.05, 0) is 110 Å². The van der Waals surface area contributed by atoms with Gasteiger partial charge in [0, 0.05) is 28.7 Å². The van der Waals surface area contributed by atoms with Gasteiger partial charge in [0.25, 0.3) is 0 Å². The van der Waals surface area contributed by atoms with Crippen LogP contribution in [0, 0.1) is 0 Å². The van der Waals surface area contributed by atoms with Crippen LogP contribution in [0.25, 0.3) is 32.3 Å². The molecule has 1 aliphatic heterocycles. The molecule has 0 radical (unpaired) electrons. The molecule has 0 amide bonds. The van der Waals surface area contributed by atoms with Crippen LogP contribution in [-0.4, -0.2) is 4.98 Å². The van der Waals surface area contributed by atoms with E-state index in [0.717, 1.165) is 22.7 Å². The fourth-order valence-electron chi connectivity index (χ4n) is 7.62. The second-order valence-electron chi connectivity index (χ2n) is 12.9. The molecule has 0 atom stereocenters. The maximum Gasteiger partial charge on any atom is 0.0645 e. The normalized spacial score (nSPS) is 13.4. The lowest BCUT2D eigenvalue weighted by atomic mass is 9.72. The maximum absolute atomic E-state index is 4.57. The Kier molecular flexibility index (Phi) is 6.16. The molecule has 0 N–H and O–H groups in total. The van der Waals surface area contributed by atoms with Crippen LogP contribution in [0.3, 0.4) is 0 Å². The van der Waals surface area contributed by atoms with Gasteiger partial charge in [-0.15, -0.1) is 0 Å². The molecule has 1 aliphatic rings. The summed E-state index contributed by atoms with van der Waals surface area (Å²) in [6.07, 6.45) is 3.82. The van der Waals surface area contributed by atoms with E-state index in [1.54, 1.807) is 0 Å². The smallest absolute Gasteiger partial charge is 0.0645 e. The van der Waals surface area contributed by atoms with Crippen molar-refractivity contribution in [1.82, 2.24) is 4.98 Å². The maximum atomic E-state index is 4.57. The van der Waals surface area contributed by atoms with E-state index in [2.05, 4.69) is 174 Å². The first-order chi connectivity index (χ1) is 23.1. The summed E-state index contributed by atoms with van der Waals surface area (Å²) in [5.41, 5.74) is 9.06. The van der Waals surface area contributed by atoms with E-state index in [-0.39, 0.29) is 5.41 Å². The van der Waals surface area contributed by atoms with Gasteiger partial charge in [0.05, 0.1) is 23.3 Å². The number of hydrogen-bond donors (Lipinski definition) is 0. The van der Waals surface area contributed by atoms with Crippen molar-refractivity contribution in [2.24, 2.45) is 0 Å². The average Bonchev–Trinajstić information content (AvgIpc) is 3.13. The minimum Gasteiger partial charge on any atom is -0.310 e. The Bertz CT molecular complexity index is 2390. The van der Waals surface area contributed by atoms with E-state index in [9.17, 15) is 0 Å². The monoisotopic (exact) mass is 603 g/mol. The van der Waals surface area contributed by atoms with E-state index in [1.165, 1.54) is 54.8 Å². The van der Waals surface area contributed by atoms with Gasteiger partial charge in [-0.1, -0.05) is 98.8 Å². The summed E-state index contributed by atoms with van der Waals surface area (Å²) < 4.78 is 0.